The molecule has 1 fully saturated rings. The summed E-state index contributed by atoms with van der Waals surface area (Å²) in [6.07, 6.45) is 8.22. The van der Waals surface area contributed by atoms with Gasteiger partial charge in [-0.15, -0.1) is 0 Å². The molecule has 0 aliphatic carbocycles. The first-order chi connectivity index (χ1) is 15.6. The predicted octanol–water partition coefficient (Wildman–Crippen LogP) is 3.22. The summed E-state index contributed by atoms with van der Waals surface area (Å²) >= 11 is 0. The van der Waals surface area contributed by atoms with Crippen molar-refractivity contribution in [2.45, 2.75) is 18.9 Å². The molecule has 1 aliphatic rings. The van der Waals surface area contributed by atoms with Crippen LogP contribution in [-0.4, -0.2) is 36.9 Å². The zero-order chi connectivity index (χ0) is 22.1. The Morgan fingerprint density at radius 3 is 2.59 bits per heavy atom. The third kappa shape index (κ3) is 3.76. The molecular weight excluding hydrogens is 407 g/mol. The smallest absolute Gasteiger partial charge is 0.258 e. The lowest BCUT2D eigenvalue weighted by Gasteiger charge is -2.25. The van der Waals surface area contributed by atoms with Gasteiger partial charge in [-0.1, -0.05) is 24.0 Å². The summed E-state index contributed by atoms with van der Waals surface area (Å²) in [6.45, 7) is 0.648. The minimum absolute atomic E-state index is 0.0773. The van der Waals surface area contributed by atoms with E-state index in [2.05, 4.69) is 26.9 Å². The molecule has 0 spiro atoms. The lowest BCUT2D eigenvalue weighted by molar-refractivity contribution is 0.0737. The van der Waals surface area contributed by atoms with Crippen LogP contribution in [0, 0.1) is 17.7 Å². The van der Waals surface area contributed by atoms with Crippen LogP contribution < -0.4 is 5.73 Å². The quantitative estimate of drug-likeness (QED) is 0.497. The van der Waals surface area contributed by atoms with Crippen LogP contribution in [0.5, 0.6) is 0 Å². The van der Waals surface area contributed by atoms with E-state index in [0.717, 1.165) is 24.0 Å². The maximum atomic E-state index is 13.4. The van der Waals surface area contributed by atoms with Gasteiger partial charge in [0.1, 0.15) is 5.82 Å². The van der Waals surface area contributed by atoms with Gasteiger partial charge in [0.05, 0.1) is 28.9 Å². The molecule has 1 aromatic carbocycles. The van der Waals surface area contributed by atoms with Gasteiger partial charge in [0, 0.05) is 30.7 Å². The number of amides is 1. The van der Waals surface area contributed by atoms with E-state index in [1.54, 1.807) is 41.4 Å². The van der Waals surface area contributed by atoms with Crippen molar-refractivity contribution in [1.29, 1.82) is 0 Å². The number of benzene rings is 1. The zero-order valence-electron chi connectivity index (χ0n) is 17.1. The first-order valence-electron chi connectivity index (χ1n) is 10.2. The molecule has 32 heavy (non-hydrogen) atoms. The fourth-order valence-electron chi connectivity index (χ4n) is 3.97. The number of pyridine rings is 1. The molecular formula is C24H19FN6O. The molecule has 3 aromatic heterocycles. The number of nitrogen functional groups attached to an aromatic ring is 1. The molecule has 7 nitrogen and oxygen atoms in total. The molecule has 0 bridgehead atoms. The van der Waals surface area contributed by atoms with Crippen LogP contribution in [0.2, 0.25) is 0 Å². The Balaban J connectivity index is 1.45. The summed E-state index contributed by atoms with van der Waals surface area (Å²) in [5.74, 6) is 5.88. The minimum atomic E-state index is -0.286. The second-order valence-electron chi connectivity index (χ2n) is 7.59. The van der Waals surface area contributed by atoms with E-state index < -0.39 is 0 Å². The summed E-state index contributed by atoms with van der Waals surface area (Å²) in [5, 5.41) is 4.33. The highest BCUT2D eigenvalue weighted by molar-refractivity contribution is 6.01. The second-order valence-corrected chi connectivity index (χ2v) is 7.59. The zero-order valence-corrected chi connectivity index (χ0v) is 17.1. The molecule has 0 saturated carbocycles. The SMILES string of the molecule is Nc1ncc(C#Cc2ccn3ncc(C(=O)N4CCC[C@H]4c4ccc(F)cc4)c3c2)cn1. The van der Waals surface area contributed by atoms with E-state index in [1.807, 2.05) is 17.0 Å². The number of nitrogens with zero attached hydrogens (tertiary/aromatic N) is 5. The van der Waals surface area contributed by atoms with Gasteiger partial charge >= 0.3 is 0 Å². The van der Waals surface area contributed by atoms with Gasteiger partial charge in [0.2, 0.25) is 5.95 Å². The van der Waals surface area contributed by atoms with E-state index >= 15 is 0 Å². The Morgan fingerprint density at radius 1 is 1.06 bits per heavy atom. The van der Waals surface area contributed by atoms with Crippen LogP contribution in [-0.2, 0) is 0 Å². The van der Waals surface area contributed by atoms with Crippen molar-refractivity contribution in [3.05, 3.63) is 89.3 Å². The number of hydrogen-bond donors (Lipinski definition) is 1. The first-order valence-corrected chi connectivity index (χ1v) is 10.2. The summed E-state index contributed by atoms with van der Waals surface area (Å²) in [6, 6.07) is 9.95. The van der Waals surface area contributed by atoms with Crippen LogP contribution in [0.15, 0.2) is 61.2 Å². The molecule has 5 rings (SSSR count). The van der Waals surface area contributed by atoms with Gasteiger partial charge < -0.3 is 10.6 Å². The van der Waals surface area contributed by atoms with Crippen LogP contribution in [0.1, 0.15) is 45.9 Å². The highest BCUT2D eigenvalue weighted by Gasteiger charge is 2.32. The second kappa shape index (κ2) is 8.12. The summed E-state index contributed by atoms with van der Waals surface area (Å²) in [5.41, 5.74) is 9.01. The van der Waals surface area contributed by atoms with E-state index in [1.165, 1.54) is 12.1 Å². The van der Waals surface area contributed by atoms with Gasteiger partial charge in [-0.25, -0.2) is 18.9 Å². The minimum Gasteiger partial charge on any atom is -0.368 e. The van der Waals surface area contributed by atoms with Gasteiger partial charge in [-0.05, 0) is 42.7 Å². The fraction of sp³-hybridized carbons (Fsp3) is 0.167. The maximum absolute atomic E-state index is 13.4. The summed E-state index contributed by atoms with van der Waals surface area (Å²) in [4.78, 5) is 23.1. The number of fused-ring (bicyclic) bond motifs is 1. The number of hydrogen-bond acceptors (Lipinski definition) is 5. The standard InChI is InChI=1S/C24H19FN6O/c25-19-7-5-18(6-8-19)21-2-1-10-30(21)23(32)20-15-29-31-11-9-16(12-22(20)31)3-4-17-13-27-24(26)28-14-17/h5-9,11-15,21H,1-2,10H2,(H2,26,27,28)/t21-/m0/s1. The van der Waals surface area contributed by atoms with Crippen molar-refractivity contribution in [3.63, 3.8) is 0 Å². The fourth-order valence-corrected chi connectivity index (χ4v) is 3.97. The molecule has 1 saturated heterocycles. The molecule has 8 heteroatoms. The summed E-state index contributed by atoms with van der Waals surface area (Å²) in [7, 11) is 0. The average molecular weight is 426 g/mol. The van der Waals surface area contributed by atoms with Crippen molar-refractivity contribution in [3.8, 4) is 11.8 Å². The Bertz CT molecular complexity index is 1350. The van der Waals surface area contributed by atoms with Crippen molar-refractivity contribution < 1.29 is 9.18 Å². The molecule has 0 radical (unpaired) electrons. The molecule has 4 heterocycles. The molecule has 1 amide bonds. The van der Waals surface area contributed by atoms with Crippen molar-refractivity contribution in [2.24, 2.45) is 0 Å². The largest absolute Gasteiger partial charge is 0.368 e. The van der Waals surface area contributed by atoms with Crippen LogP contribution >= 0.6 is 0 Å². The number of rotatable bonds is 2. The van der Waals surface area contributed by atoms with Gasteiger partial charge in [-0.3, -0.25) is 4.79 Å². The maximum Gasteiger partial charge on any atom is 0.258 e. The van der Waals surface area contributed by atoms with Crippen molar-refractivity contribution in [2.75, 3.05) is 12.3 Å². The highest BCUT2D eigenvalue weighted by atomic mass is 19.1. The highest BCUT2D eigenvalue weighted by Crippen LogP contribution is 2.33. The average Bonchev–Trinajstić information content (AvgIpc) is 3.46. The number of halogens is 1. The Hall–Kier alpha value is -4.25. The third-order valence-electron chi connectivity index (χ3n) is 5.54. The van der Waals surface area contributed by atoms with E-state index in [-0.39, 0.29) is 23.7 Å². The lowest BCUT2D eigenvalue weighted by Crippen LogP contribution is -2.30. The van der Waals surface area contributed by atoms with Gasteiger partial charge in [0.15, 0.2) is 0 Å². The molecule has 1 atom stereocenters. The van der Waals surface area contributed by atoms with Gasteiger partial charge in [-0.2, -0.15) is 5.10 Å². The van der Waals surface area contributed by atoms with Crippen LogP contribution in [0.3, 0.4) is 0 Å². The van der Waals surface area contributed by atoms with Crippen LogP contribution in [0.25, 0.3) is 5.52 Å². The van der Waals surface area contributed by atoms with Crippen molar-refractivity contribution in [1.82, 2.24) is 24.5 Å². The number of anilines is 1. The lowest BCUT2D eigenvalue weighted by atomic mass is 10.0. The molecule has 1 aliphatic heterocycles. The van der Waals surface area contributed by atoms with E-state index in [4.69, 9.17) is 5.73 Å². The van der Waals surface area contributed by atoms with E-state index in [0.29, 0.717) is 23.2 Å². The summed E-state index contributed by atoms with van der Waals surface area (Å²) < 4.78 is 15.0. The Morgan fingerprint density at radius 2 is 1.81 bits per heavy atom. The monoisotopic (exact) mass is 426 g/mol. The van der Waals surface area contributed by atoms with Gasteiger partial charge in [0.25, 0.3) is 5.91 Å². The predicted molar refractivity (Wildman–Crippen MR) is 117 cm³/mol. The molecule has 0 unspecified atom stereocenters. The third-order valence-corrected chi connectivity index (χ3v) is 5.54. The van der Waals surface area contributed by atoms with Crippen molar-refractivity contribution >= 4 is 17.4 Å². The van der Waals surface area contributed by atoms with Crippen LogP contribution in [0.4, 0.5) is 10.3 Å². The number of aromatic nitrogens is 4. The molecule has 158 valence electrons. The topological polar surface area (TPSA) is 89.4 Å². The Kier molecular flexibility index (Phi) is 5.00. The molecule has 4 aromatic rings. The number of carbonyl (C=O) groups excluding carboxylic acids is 1. The normalized spacial score (nSPS) is 15.5. The molecule has 2 N–H and O–H groups in total. The van der Waals surface area contributed by atoms with E-state index in [9.17, 15) is 9.18 Å². The number of nitrogens with two attached hydrogens (primary N) is 1. The Labute approximate surface area is 183 Å². The number of carbonyl (C=O) groups is 1. The first kappa shape index (κ1) is 19.7. The number of likely N-dealkylation sites (tertiary alicyclic amines) is 1.